The minimum absolute atomic E-state index is 0.0505. The van der Waals surface area contributed by atoms with Crippen LogP contribution in [0.1, 0.15) is 34.1 Å². The molecule has 0 spiro atoms. The molecule has 2 N–H and O–H groups in total. The monoisotopic (exact) mass is 244 g/mol. The number of hydrogen-bond donors (Lipinski definition) is 2. The predicted molar refractivity (Wildman–Crippen MR) is 66.4 cm³/mol. The molecule has 0 heterocycles. The molecule has 1 unspecified atom stereocenters. The number of likely N-dealkylation sites (N-methyl/N-ethyl adjacent to an activating group) is 1. The third-order valence-electron chi connectivity index (χ3n) is 2.57. The van der Waals surface area contributed by atoms with Gasteiger partial charge in [-0.05, 0) is 19.3 Å². The van der Waals surface area contributed by atoms with Gasteiger partial charge in [0.25, 0.3) is 0 Å². The first-order valence-electron chi connectivity index (χ1n) is 6.10. The smallest absolute Gasteiger partial charge is 0.245 e. The molecule has 0 aromatic carbocycles. The van der Waals surface area contributed by atoms with Crippen LogP contribution in [-0.4, -0.2) is 47.6 Å². The summed E-state index contributed by atoms with van der Waals surface area (Å²) in [6.45, 7) is 8.27. The first kappa shape index (κ1) is 15.9. The van der Waals surface area contributed by atoms with Crippen LogP contribution in [0.25, 0.3) is 0 Å². The van der Waals surface area contributed by atoms with E-state index in [0.29, 0.717) is 19.5 Å². The van der Waals surface area contributed by atoms with Gasteiger partial charge in [-0.1, -0.05) is 13.8 Å². The molecular weight excluding hydrogens is 220 g/mol. The third kappa shape index (κ3) is 5.68. The molecule has 17 heavy (non-hydrogen) atoms. The average molecular weight is 244 g/mol. The number of aliphatic hydroxyl groups is 1. The van der Waals surface area contributed by atoms with E-state index in [1.807, 2.05) is 20.8 Å². The lowest BCUT2D eigenvalue weighted by molar-refractivity contribution is -0.137. The SMILES string of the molecule is CCN(CCCO)C(=O)C(NC(C)=O)C(C)C. The van der Waals surface area contributed by atoms with Gasteiger partial charge in [0.2, 0.25) is 11.8 Å². The Balaban J connectivity index is 4.60. The van der Waals surface area contributed by atoms with Crippen molar-refractivity contribution in [3.8, 4) is 0 Å². The van der Waals surface area contributed by atoms with Gasteiger partial charge < -0.3 is 15.3 Å². The van der Waals surface area contributed by atoms with Gasteiger partial charge >= 0.3 is 0 Å². The summed E-state index contributed by atoms with van der Waals surface area (Å²) in [5, 5.41) is 11.5. The van der Waals surface area contributed by atoms with Crippen LogP contribution in [0.4, 0.5) is 0 Å². The molecule has 100 valence electrons. The molecule has 0 saturated heterocycles. The number of carbonyl (C=O) groups excluding carboxylic acids is 2. The molecule has 2 amide bonds. The van der Waals surface area contributed by atoms with E-state index in [1.165, 1.54) is 6.92 Å². The molecule has 0 aliphatic carbocycles. The number of hydrogen-bond acceptors (Lipinski definition) is 3. The number of nitrogens with zero attached hydrogens (tertiary/aromatic N) is 1. The van der Waals surface area contributed by atoms with Gasteiger partial charge in [-0.3, -0.25) is 9.59 Å². The highest BCUT2D eigenvalue weighted by Crippen LogP contribution is 2.07. The van der Waals surface area contributed by atoms with E-state index >= 15 is 0 Å². The zero-order chi connectivity index (χ0) is 13.4. The van der Waals surface area contributed by atoms with Gasteiger partial charge in [0.1, 0.15) is 6.04 Å². The molecule has 0 aliphatic rings. The van der Waals surface area contributed by atoms with Crippen molar-refractivity contribution < 1.29 is 14.7 Å². The van der Waals surface area contributed by atoms with Crippen molar-refractivity contribution in [2.24, 2.45) is 5.92 Å². The van der Waals surface area contributed by atoms with E-state index in [-0.39, 0.29) is 24.3 Å². The van der Waals surface area contributed by atoms with Crippen molar-refractivity contribution in [1.82, 2.24) is 10.2 Å². The Morgan fingerprint density at radius 3 is 2.29 bits per heavy atom. The molecule has 5 heteroatoms. The van der Waals surface area contributed by atoms with E-state index in [0.717, 1.165) is 0 Å². The maximum atomic E-state index is 12.2. The van der Waals surface area contributed by atoms with Gasteiger partial charge in [-0.25, -0.2) is 0 Å². The maximum Gasteiger partial charge on any atom is 0.245 e. The first-order chi connectivity index (χ1) is 7.93. The molecule has 0 fully saturated rings. The third-order valence-corrected chi connectivity index (χ3v) is 2.57. The van der Waals surface area contributed by atoms with Gasteiger partial charge in [0.05, 0.1) is 0 Å². The Kier molecular flexibility index (Phi) is 7.54. The summed E-state index contributed by atoms with van der Waals surface area (Å²) in [6.07, 6.45) is 0.560. The van der Waals surface area contributed by atoms with Crippen LogP contribution in [0.3, 0.4) is 0 Å². The van der Waals surface area contributed by atoms with Crippen LogP contribution in [0, 0.1) is 5.92 Å². The predicted octanol–water partition coefficient (Wildman–Crippen LogP) is 0.378. The summed E-state index contributed by atoms with van der Waals surface area (Å²) in [5.41, 5.74) is 0. The normalized spacial score (nSPS) is 12.4. The fraction of sp³-hybridized carbons (Fsp3) is 0.833. The fourth-order valence-corrected chi connectivity index (χ4v) is 1.61. The van der Waals surface area contributed by atoms with Crippen LogP contribution < -0.4 is 5.32 Å². The molecule has 0 radical (unpaired) electrons. The van der Waals surface area contributed by atoms with Crippen molar-refractivity contribution in [3.63, 3.8) is 0 Å². The second-order valence-corrected chi connectivity index (χ2v) is 4.42. The van der Waals surface area contributed by atoms with Crippen molar-refractivity contribution in [1.29, 1.82) is 0 Å². The summed E-state index contributed by atoms with van der Waals surface area (Å²) >= 11 is 0. The van der Waals surface area contributed by atoms with Crippen molar-refractivity contribution in [2.45, 2.75) is 40.2 Å². The minimum Gasteiger partial charge on any atom is -0.396 e. The van der Waals surface area contributed by atoms with Crippen molar-refractivity contribution in [2.75, 3.05) is 19.7 Å². The van der Waals surface area contributed by atoms with Gasteiger partial charge in [0, 0.05) is 26.6 Å². The highest BCUT2D eigenvalue weighted by molar-refractivity contribution is 5.87. The Morgan fingerprint density at radius 1 is 1.35 bits per heavy atom. The quantitative estimate of drug-likeness (QED) is 0.680. The summed E-state index contributed by atoms with van der Waals surface area (Å²) < 4.78 is 0. The topological polar surface area (TPSA) is 69.6 Å². The van der Waals surface area contributed by atoms with E-state index in [9.17, 15) is 9.59 Å². The molecule has 0 aromatic rings. The molecule has 0 saturated carbocycles. The van der Waals surface area contributed by atoms with Crippen LogP contribution in [0.2, 0.25) is 0 Å². The summed E-state index contributed by atoms with van der Waals surface area (Å²) in [4.78, 5) is 24.9. The Morgan fingerprint density at radius 2 is 1.94 bits per heavy atom. The lowest BCUT2D eigenvalue weighted by Crippen LogP contribution is -2.51. The van der Waals surface area contributed by atoms with Crippen LogP contribution in [0.5, 0.6) is 0 Å². The van der Waals surface area contributed by atoms with Gasteiger partial charge in [-0.2, -0.15) is 0 Å². The second-order valence-electron chi connectivity index (χ2n) is 4.42. The van der Waals surface area contributed by atoms with E-state index in [1.54, 1.807) is 4.90 Å². The maximum absolute atomic E-state index is 12.2. The fourth-order valence-electron chi connectivity index (χ4n) is 1.61. The van der Waals surface area contributed by atoms with Crippen LogP contribution in [-0.2, 0) is 9.59 Å². The minimum atomic E-state index is -0.480. The highest BCUT2D eigenvalue weighted by Gasteiger charge is 2.26. The standard InChI is InChI=1S/C12H24N2O3/c1-5-14(7-6-8-15)12(17)11(9(2)3)13-10(4)16/h9,11,15H,5-8H2,1-4H3,(H,13,16). The first-order valence-corrected chi connectivity index (χ1v) is 6.10. The average Bonchev–Trinajstić information content (AvgIpc) is 2.26. The van der Waals surface area contributed by atoms with Crippen LogP contribution >= 0.6 is 0 Å². The molecule has 1 atom stereocenters. The summed E-state index contributed by atoms with van der Waals surface area (Å²) in [6, 6.07) is -0.480. The van der Waals surface area contributed by atoms with Crippen molar-refractivity contribution in [3.05, 3.63) is 0 Å². The molecule has 0 aliphatic heterocycles. The van der Waals surface area contributed by atoms with Crippen molar-refractivity contribution >= 4 is 11.8 Å². The Bertz CT molecular complexity index is 254. The Hall–Kier alpha value is -1.10. The van der Waals surface area contributed by atoms with Crippen LogP contribution in [0.15, 0.2) is 0 Å². The molecule has 0 bridgehead atoms. The number of amides is 2. The zero-order valence-corrected chi connectivity index (χ0v) is 11.2. The van der Waals surface area contributed by atoms with E-state index in [4.69, 9.17) is 5.11 Å². The number of rotatable bonds is 7. The molecule has 0 aromatic heterocycles. The molecule has 0 rings (SSSR count). The molecular formula is C12H24N2O3. The lowest BCUT2D eigenvalue weighted by Gasteiger charge is -2.28. The second kappa shape index (κ2) is 8.06. The van der Waals surface area contributed by atoms with E-state index < -0.39 is 6.04 Å². The molecule has 5 nitrogen and oxygen atoms in total. The van der Waals surface area contributed by atoms with E-state index in [2.05, 4.69) is 5.32 Å². The number of aliphatic hydroxyl groups excluding tert-OH is 1. The Labute approximate surface area is 103 Å². The largest absolute Gasteiger partial charge is 0.396 e. The van der Waals surface area contributed by atoms with Gasteiger partial charge in [-0.15, -0.1) is 0 Å². The highest BCUT2D eigenvalue weighted by atomic mass is 16.3. The number of carbonyl (C=O) groups is 2. The lowest BCUT2D eigenvalue weighted by atomic mass is 10.0. The van der Waals surface area contributed by atoms with Gasteiger partial charge in [0.15, 0.2) is 0 Å². The zero-order valence-electron chi connectivity index (χ0n) is 11.2. The summed E-state index contributed by atoms with van der Waals surface area (Å²) in [5.74, 6) is -0.226. The summed E-state index contributed by atoms with van der Waals surface area (Å²) in [7, 11) is 0. The number of nitrogens with one attached hydrogen (secondary N) is 1.